The number of carbonyl (C=O) groups excluding carboxylic acids is 1. The predicted octanol–water partition coefficient (Wildman–Crippen LogP) is 7.34. The second-order valence-electron chi connectivity index (χ2n) is 9.45. The van der Waals surface area contributed by atoms with Crippen LogP contribution in [0, 0.1) is 11.8 Å². The van der Waals surface area contributed by atoms with Crippen molar-refractivity contribution in [1.29, 1.82) is 0 Å². The average molecular weight is 439 g/mol. The van der Waals surface area contributed by atoms with Crippen molar-refractivity contribution >= 4 is 17.2 Å². The van der Waals surface area contributed by atoms with Gasteiger partial charge in [-0.25, -0.2) is 0 Å². The molecule has 0 saturated carbocycles. The third-order valence-electron chi connectivity index (χ3n) is 6.37. The molecule has 0 saturated heterocycles. The minimum absolute atomic E-state index is 0.231. The molecule has 33 heavy (non-hydrogen) atoms. The Morgan fingerprint density at radius 2 is 1.61 bits per heavy atom. The first-order chi connectivity index (χ1) is 16.1. The normalized spacial score (nSPS) is 19.8. The van der Waals surface area contributed by atoms with Crippen LogP contribution in [0.5, 0.6) is 11.5 Å². The van der Waals surface area contributed by atoms with Gasteiger partial charge in [0.05, 0.1) is 17.4 Å². The number of nitrogens with one attached hydrogen (secondary N) is 2. The van der Waals surface area contributed by atoms with E-state index >= 15 is 0 Å². The number of para-hydroxylation sites is 3. The number of ether oxygens (including phenoxy) is 1. The number of carbonyl (C=O) groups is 1. The molecule has 1 heterocycles. The topological polar surface area (TPSA) is 50.4 Å². The maximum absolute atomic E-state index is 13.5. The molecule has 0 spiro atoms. The van der Waals surface area contributed by atoms with Crippen LogP contribution in [0.1, 0.15) is 44.7 Å². The lowest BCUT2D eigenvalue weighted by Gasteiger charge is -2.30. The molecular weight excluding hydrogens is 408 g/mol. The standard InChI is InChI=1S/C29H30N2O2/c1-19(2)15-20-16-26-28(27(32)17-20)29(31-25-14-7-6-13-24(25)30-26)21-9-8-12-23(18-21)33-22-10-4-3-5-11-22/h3-14,18-20,29-31H,15-17H2,1-2H3/t20-,29-/m0/s1. The lowest BCUT2D eigenvalue weighted by Crippen LogP contribution is -2.28. The van der Waals surface area contributed by atoms with Crippen LogP contribution in [0.2, 0.25) is 0 Å². The second-order valence-corrected chi connectivity index (χ2v) is 9.45. The van der Waals surface area contributed by atoms with Gasteiger partial charge in [0, 0.05) is 17.7 Å². The Labute approximate surface area is 195 Å². The van der Waals surface area contributed by atoms with Gasteiger partial charge in [-0.3, -0.25) is 4.79 Å². The summed E-state index contributed by atoms with van der Waals surface area (Å²) in [5.41, 5.74) is 4.93. The molecule has 1 aliphatic carbocycles. The SMILES string of the molecule is CC(C)C[C@@H]1CC(=O)C2=C(C1)Nc1ccccc1N[C@H]2c1cccc(Oc2ccccc2)c1. The summed E-state index contributed by atoms with van der Waals surface area (Å²) in [6, 6.07) is 25.8. The van der Waals surface area contributed by atoms with Crippen LogP contribution in [-0.2, 0) is 4.79 Å². The van der Waals surface area contributed by atoms with Crippen molar-refractivity contribution < 1.29 is 9.53 Å². The first-order valence-corrected chi connectivity index (χ1v) is 11.8. The number of hydrogen-bond donors (Lipinski definition) is 2. The van der Waals surface area contributed by atoms with Crippen molar-refractivity contribution in [1.82, 2.24) is 0 Å². The molecule has 0 aromatic heterocycles. The largest absolute Gasteiger partial charge is 0.457 e. The van der Waals surface area contributed by atoms with E-state index in [-0.39, 0.29) is 11.8 Å². The van der Waals surface area contributed by atoms with Gasteiger partial charge in [0.2, 0.25) is 0 Å². The van der Waals surface area contributed by atoms with E-state index in [4.69, 9.17) is 4.74 Å². The Morgan fingerprint density at radius 1 is 0.879 bits per heavy atom. The van der Waals surface area contributed by atoms with Crippen molar-refractivity contribution in [2.24, 2.45) is 11.8 Å². The van der Waals surface area contributed by atoms with E-state index in [0.29, 0.717) is 18.3 Å². The number of rotatable bonds is 5. The monoisotopic (exact) mass is 438 g/mol. The predicted molar refractivity (Wildman–Crippen MR) is 134 cm³/mol. The fraction of sp³-hybridized carbons (Fsp3) is 0.276. The summed E-state index contributed by atoms with van der Waals surface area (Å²) in [7, 11) is 0. The minimum atomic E-state index is -0.233. The Kier molecular flexibility index (Phi) is 5.91. The summed E-state index contributed by atoms with van der Waals surface area (Å²) in [4.78, 5) is 13.5. The summed E-state index contributed by atoms with van der Waals surface area (Å²) in [5.74, 6) is 2.73. The number of benzene rings is 3. The molecule has 0 amide bonds. The number of hydrogen-bond acceptors (Lipinski definition) is 4. The first kappa shape index (κ1) is 21.3. The van der Waals surface area contributed by atoms with Crippen molar-refractivity contribution in [3.63, 3.8) is 0 Å². The van der Waals surface area contributed by atoms with E-state index in [1.54, 1.807) is 0 Å². The summed E-state index contributed by atoms with van der Waals surface area (Å²) in [6.45, 7) is 4.46. The fourth-order valence-electron chi connectivity index (χ4n) is 5.04. The first-order valence-electron chi connectivity index (χ1n) is 11.8. The van der Waals surface area contributed by atoms with Gasteiger partial charge in [-0.15, -0.1) is 0 Å². The summed E-state index contributed by atoms with van der Waals surface area (Å²) >= 11 is 0. The van der Waals surface area contributed by atoms with Gasteiger partial charge in [-0.2, -0.15) is 0 Å². The molecule has 1 aliphatic heterocycles. The highest BCUT2D eigenvalue weighted by atomic mass is 16.5. The lowest BCUT2D eigenvalue weighted by atomic mass is 9.78. The highest BCUT2D eigenvalue weighted by Gasteiger charge is 2.35. The van der Waals surface area contributed by atoms with Crippen molar-refractivity contribution in [2.45, 2.75) is 39.2 Å². The Morgan fingerprint density at radius 3 is 2.39 bits per heavy atom. The minimum Gasteiger partial charge on any atom is -0.457 e. The van der Waals surface area contributed by atoms with Gasteiger partial charge in [0.15, 0.2) is 5.78 Å². The van der Waals surface area contributed by atoms with E-state index in [0.717, 1.165) is 52.5 Å². The molecule has 4 heteroatoms. The maximum Gasteiger partial charge on any atom is 0.163 e. The van der Waals surface area contributed by atoms with E-state index in [2.05, 4.69) is 42.7 Å². The number of anilines is 2. The molecule has 168 valence electrons. The van der Waals surface area contributed by atoms with Crippen LogP contribution in [0.4, 0.5) is 11.4 Å². The average Bonchev–Trinajstić information content (AvgIpc) is 2.96. The van der Waals surface area contributed by atoms with E-state index < -0.39 is 0 Å². The maximum atomic E-state index is 13.5. The molecule has 4 nitrogen and oxygen atoms in total. The van der Waals surface area contributed by atoms with Gasteiger partial charge in [-0.1, -0.05) is 56.3 Å². The molecule has 2 N–H and O–H groups in total. The van der Waals surface area contributed by atoms with Gasteiger partial charge < -0.3 is 15.4 Å². The zero-order chi connectivity index (χ0) is 22.8. The van der Waals surface area contributed by atoms with Crippen molar-refractivity contribution in [3.05, 3.63) is 95.7 Å². The molecule has 5 rings (SSSR count). The number of ketones is 1. The quantitative estimate of drug-likeness (QED) is 0.438. The Hall–Kier alpha value is -3.53. The third-order valence-corrected chi connectivity index (χ3v) is 6.37. The number of Topliss-reactive ketones (excluding diaryl/α,β-unsaturated/α-hetero) is 1. The molecule has 0 unspecified atom stereocenters. The fourth-order valence-corrected chi connectivity index (χ4v) is 5.04. The van der Waals surface area contributed by atoms with Crippen LogP contribution >= 0.6 is 0 Å². The number of allylic oxidation sites excluding steroid dienone is 1. The molecule has 3 aromatic rings. The zero-order valence-electron chi connectivity index (χ0n) is 19.2. The molecule has 0 fully saturated rings. The van der Waals surface area contributed by atoms with Crippen LogP contribution in [0.3, 0.4) is 0 Å². The Bertz CT molecular complexity index is 1180. The van der Waals surface area contributed by atoms with E-state index in [1.807, 2.05) is 60.7 Å². The molecular formula is C29H30N2O2. The van der Waals surface area contributed by atoms with Gasteiger partial charge in [-0.05, 0) is 66.6 Å². The molecule has 3 aromatic carbocycles. The van der Waals surface area contributed by atoms with Crippen LogP contribution < -0.4 is 15.4 Å². The van der Waals surface area contributed by atoms with Crippen LogP contribution in [0.15, 0.2) is 90.1 Å². The summed E-state index contributed by atoms with van der Waals surface area (Å²) < 4.78 is 6.09. The second kappa shape index (κ2) is 9.14. The third kappa shape index (κ3) is 4.65. The molecule has 2 atom stereocenters. The lowest BCUT2D eigenvalue weighted by molar-refractivity contribution is -0.117. The van der Waals surface area contributed by atoms with Crippen LogP contribution in [0.25, 0.3) is 0 Å². The smallest absolute Gasteiger partial charge is 0.163 e. The molecule has 2 aliphatic rings. The zero-order valence-corrected chi connectivity index (χ0v) is 19.2. The van der Waals surface area contributed by atoms with Crippen molar-refractivity contribution in [3.8, 4) is 11.5 Å². The Balaban J connectivity index is 1.54. The van der Waals surface area contributed by atoms with Gasteiger partial charge in [0.25, 0.3) is 0 Å². The van der Waals surface area contributed by atoms with E-state index in [9.17, 15) is 4.79 Å². The van der Waals surface area contributed by atoms with Crippen LogP contribution in [-0.4, -0.2) is 5.78 Å². The summed E-state index contributed by atoms with van der Waals surface area (Å²) in [5, 5.41) is 7.27. The highest BCUT2D eigenvalue weighted by molar-refractivity contribution is 6.00. The highest BCUT2D eigenvalue weighted by Crippen LogP contribution is 2.43. The van der Waals surface area contributed by atoms with E-state index in [1.165, 1.54) is 0 Å². The van der Waals surface area contributed by atoms with Crippen molar-refractivity contribution in [2.75, 3.05) is 10.6 Å². The van der Waals surface area contributed by atoms with Gasteiger partial charge >= 0.3 is 0 Å². The van der Waals surface area contributed by atoms with Gasteiger partial charge in [0.1, 0.15) is 11.5 Å². The number of fused-ring (bicyclic) bond motifs is 1. The summed E-state index contributed by atoms with van der Waals surface area (Å²) in [6.07, 6.45) is 2.56. The molecule has 0 bridgehead atoms. The molecule has 0 radical (unpaired) electrons.